The monoisotopic (exact) mass is 399 g/mol. The predicted octanol–water partition coefficient (Wildman–Crippen LogP) is 1.31. The molecule has 0 aromatic heterocycles. The van der Waals surface area contributed by atoms with E-state index < -0.39 is 18.5 Å². The van der Waals surface area contributed by atoms with Gasteiger partial charge < -0.3 is 34.0 Å². The van der Waals surface area contributed by atoms with Crippen LogP contribution in [0.25, 0.3) is 0 Å². The summed E-state index contributed by atoms with van der Waals surface area (Å²) >= 11 is 0. The van der Waals surface area contributed by atoms with Gasteiger partial charge >= 0.3 is 0 Å². The second kappa shape index (κ2) is 15.0. The molecule has 8 heteroatoms. The summed E-state index contributed by atoms with van der Waals surface area (Å²) in [6.07, 6.45) is 4.69. The summed E-state index contributed by atoms with van der Waals surface area (Å²) in [5, 5.41) is 13.0. The smallest absolute Gasteiger partial charge is 0.257 e. The van der Waals surface area contributed by atoms with Crippen LogP contribution in [0.2, 0.25) is 0 Å². The van der Waals surface area contributed by atoms with Gasteiger partial charge in [0.05, 0.1) is 31.5 Å². The minimum atomic E-state index is -0.774. The lowest BCUT2D eigenvalue weighted by Gasteiger charge is -2.42. The molecule has 0 saturated carbocycles. The second-order valence-electron chi connectivity index (χ2n) is 6.89. The Morgan fingerprint density at radius 1 is 1.14 bits per heavy atom. The molecule has 1 aliphatic heterocycles. The number of nitrogens with one attached hydrogen (secondary N) is 1. The highest BCUT2D eigenvalue weighted by Gasteiger charge is 2.43. The topological polar surface area (TPSA) is 78.4 Å². The van der Waals surface area contributed by atoms with Crippen LogP contribution >= 0.6 is 0 Å². The van der Waals surface area contributed by atoms with E-state index in [1.165, 1.54) is 12.3 Å². The Hall–Kier alpha value is -0.895. The molecule has 0 amide bonds. The van der Waals surface area contributed by atoms with E-state index in [0.29, 0.717) is 19.8 Å². The zero-order chi connectivity index (χ0) is 20.8. The number of ether oxygens (including phenoxy) is 4. The molecule has 0 spiro atoms. The highest BCUT2D eigenvalue weighted by Crippen LogP contribution is 2.25. The standard InChI is InChI=1S/C20H38BNO6/c1-5-9-11-24-18-17(28-21)14-27-20(19(18)25-12-10-6-2)26-13-15(22-8-4)16(23)7-3/h7-8,15-20,22-23H,3-6,9-14,21H2,1-2H3/t15-,16+,17?,18?,19?,20?/m0/s1. The molecular formula is C20H38BNO6. The number of aliphatic hydroxyl groups is 1. The first-order chi connectivity index (χ1) is 13.6. The van der Waals surface area contributed by atoms with E-state index in [2.05, 4.69) is 32.3 Å². The fourth-order valence-electron chi connectivity index (χ4n) is 2.95. The van der Waals surface area contributed by atoms with Crippen molar-refractivity contribution in [1.29, 1.82) is 0 Å². The van der Waals surface area contributed by atoms with Crippen LogP contribution < -0.4 is 5.32 Å². The van der Waals surface area contributed by atoms with Gasteiger partial charge in [0.15, 0.2) is 6.29 Å². The molecular weight excluding hydrogens is 361 g/mol. The lowest BCUT2D eigenvalue weighted by atomic mass is 10.0. The summed E-state index contributed by atoms with van der Waals surface area (Å²) in [6.45, 7) is 13.3. The summed E-state index contributed by atoms with van der Waals surface area (Å²) in [4.78, 5) is 0. The van der Waals surface area contributed by atoms with Crippen LogP contribution in [0.1, 0.15) is 39.5 Å². The van der Waals surface area contributed by atoms with Crippen molar-refractivity contribution in [2.24, 2.45) is 0 Å². The SMILES string of the molecule is BOC1COC(OC[C@H](NC=C)[C@H](O)C=C)C(OCCCC)C1OCCCC. The van der Waals surface area contributed by atoms with Gasteiger partial charge in [0, 0.05) is 13.2 Å². The Bertz CT molecular complexity index is 428. The molecule has 0 aromatic rings. The molecule has 162 valence electrons. The average molecular weight is 399 g/mol. The maximum atomic E-state index is 10.1. The molecule has 6 atom stereocenters. The number of unbranched alkanes of at least 4 members (excludes halogenated alkanes) is 2. The highest BCUT2D eigenvalue weighted by atomic mass is 16.7. The fourth-order valence-corrected chi connectivity index (χ4v) is 2.95. The van der Waals surface area contributed by atoms with Gasteiger partial charge in [0.1, 0.15) is 12.2 Å². The van der Waals surface area contributed by atoms with E-state index in [0.717, 1.165) is 25.7 Å². The third kappa shape index (κ3) is 8.23. The van der Waals surface area contributed by atoms with E-state index in [-0.39, 0.29) is 24.9 Å². The minimum absolute atomic E-state index is 0.205. The first kappa shape index (κ1) is 25.1. The molecule has 0 aromatic carbocycles. The van der Waals surface area contributed by atoms with E-state index in [1.807, 2.05) is 0 Å². The number of hydrogen-bond acceptors (Lipinski definition) is 7. The third-order valence-electron chi connectivity index (χ3n) is 4.73. The Morgan fingerprint density at radius 2 is 1.79 bits per heavy atom. The first-order valence-corrected chi connectivity index (χ1v) is 10.3. The minimum Gasteiger partial charge on any atom is -0.436 e. The van der Waals surface area contributed by atoms with Crippen LogP contribution in [0.15, 0.2) is 25.4 Å². The lowest BCUT2D eigenvalue weighted by molar-refractivity contribution is -0.286. The zero-order valence-corrected chi connectivity index (χ0v) is 17.7. The molecule has 4 unspecified atom stereocenters. The quantitative estimate of drug-likeness (QED) is 0.230. The fraction of sp³-hybridized carbons (Fsp3) is 0.800. The molecule has 0 radical (unpaired) electrons. The summed E-state index contributed by atoms with van der Waals surface area (Å²) in [5.74, 6) is 0. The van der Waals surface area contributed by atoms with Crippen molar-refractivity contribution >= 4 is 8.05 Å². The molecule has 0 aliphatic carbocycles. The molecule has 1 heterocycles. The van der Waals surface area contributed by atoms with Crippen molar-refractivity contribution in [2.75, 3.05) is 26.4 Å². The Morgan fingerprint density at radius 3 is 2.32 bits per heavy atom. The Balaban J connectivity index is 2.82. The molecule has 0 bridgehead atoms. The van der Waals surface area contributed by atoms with E-state index in [4.69, 9.17) is 23.6 Å². The maximum Gasteiger partial charge on any atom is 0.257 e. The van der Waals surface area contributed by atoms with Crippen molar-refractivity contribution in [3.05, 3.63) is 25.4 Å². The normalized spacial score (nSPS) is 27.1. The van der Waals surface area contributed by atoms with Crippen molar-refractivity contribution in [3.63, 3.8) is 0 Å². The summed E-state index contributed by atoms with van der Waals surface area (Å²) in [7, 11) is 1.65. The van der Waals surface area contributed by atoms with Gasteiger partial charge in [-0.1, -0.05) is 39.3 Å². The van der Waals surface area contributed by atoms with Crippen LogP contribution in [0.5, 0.6) is 0 Å². The largest absolute Gasteiger partial charge is 0.436 e. The van der Waals surface area contributed by atoms with Crippen molar-refractivity contribution in [1.82, 2.24) is 5.32 Å². The van der Waals surface area contributed by atoms with Gasteiger partial charge in [-0.15, -0.1) is 6.58 Å². The molecule has 28 heavy (non-hydrogen) atoms. The lowest BCUT2D eigenvalue weighted by Crippen LogP contribution is -2.57. The summed E-state index contributed by atoms with van der Waals surface area (Å²) in [6, 6.07) is -0.380. The summed E-state index contributed by atoms with van der Waals surface area (Å²) in [5.41, 5.74) is 0. The predicted molar refractivity (Wildman–Crippen MR) is 112 cm³/mol. The zero-order valence-electron chi connectivity index (χ0n) is 17.7. The van der Waals surface area contributed by atoms with Crippen LogP contribution in [0.3, 0.4) is 0 Å². The Labute approximate surface area is 170 Å². The molecule has 1 aliphatic rings. The van der Waals surface area contributed by atoms with Gasteiger partial charge in [-0.2, -0.15) is 0 Å². The molecule has 2 N–H and O–H groups in total. The van der Waals surface area contributed by atoms with Crippen LogP contribution in [0.4, 0.5) is 0 Å². The van der Waals surface area contributed by atoms with Gasteiger partial charge in [0.25, 0.3) is 8.05 Å². The number of hydrogen-bond donors (Lipinski definition) is 2. The third-order valence-corrected chi connectivity index (χ3v) is 4.73. The van der Waals surface area contributed by atoms with Gasteiger partial charge in [-0.25, -0.2) is 0 Å². The van der Waals surface area contributed by atoms with Crippen LogP contribution in [-0.2, 0) is 23.6 Å². The van der Waals surface area contributed by atoms with Crippen LogP contribution in [0, 0.1) is 0 Å². The Kier molecular flexibility index (Phi) is 13.5. The molecule has 7 nitrogen and oxygen atoms in total. The van der Waals surface area contributed by atoms with Crippen molar-refractivity contribution < 1.29 is 28.7 Å². The highest BCUT2D eigenvalue weighted by molar-refractivity contribution is 5.98. The second-order valence-corrected chi connectivity index (χ2v) is 6.89. The van der Waals surface area contributed by atoms with Gasteiger partial charge in [0.2, 0.25) is 0 Å². The number of rotatable bonds is 16. The summed E-state index contributed by atoms with van der Waals surface area (Å²) < 4.78 is 29.7. The van der Waals surface area contributed by atoms with Gasteiger partial charge in [-0.05, 0) is 19.0 Å². The van der Waals surface area contributed by atoms with Crippen LogP contribution in [-0.4, -0.2) is 76.3 Å². The van der Waals surface area contributed by atoms with E-state index in [1.54, 1.807) is 8.05 Å². The van der Waals surface area contributed by atoms with E-state index >= 15 is 0 Å². The number of aliphatic hydroxyl groups excluding tert-OH is 1. The molecule has 1 fully saturated rings. The van der Waals surface area contributed by atoms with Crippen molar-refractivity contribution in [2.45, 2.75) is 76.3 Å². The maximum absolute atomic E-state index is 10.1. The van der Waals surface area contributed by atoms with Crippen molar-refractivity contribution in [3.8, 4) is 0 Å². The van der Waals surface area contributed by atoms with Gasteiger partial charge in [-0.3, -0.25) is 0 Å². The molecule has 1 rings (SSSR count). The average Bonchev–Trinajstić information content (AvgIpc) is 2.71. The molecule has 1 saturated heterocycles. The first-order valence-electron chi connectivity index (χ1n) is 10.3. The van der Waals surface area contributed by atoms with E-state index in [9.17, 15) is 5.11 Å².